The Morgan fingerprint density at radius 3 is 2.59 bits per heavy atom. The van der Waals surface area contributed by atoms with Crippen molar-refractivity contribution >= 4 is 32.3 Å². The van der Waals surface area contributed by atoms with Crippen LogP contribution in [0.5, 0.6) is 0 Å². The standard InChI is InChI=1S/C26H28N2O3S/c1-26(2,31)20-13-21-23(32-24(27-21)18-9-7-16(15-29)8-10-18)14-22(20)28-12-11-17-5-3-4-6-19(17)25(28)30/h3-6,11-14,16,18,29,31H,7-10,15H2,1-2H3/t16-,18-. The molecule has 2 aromatic heterocycles. The predicted molar refractivity (Wildman–Crippen MR) is 130 cm³/mol. The van der Waals surface area contributed by atoms with Gasteiger partial charge >= 0.3 is 0 Å². The molecule has 1 saturated carbocycles. The molecule has 32 heavy (non-hydrogen) atoms. The topological polar surface area (TPSA) is 75.4 Å². The Kier molecular flexibility index (Phi) is 5.40. The molecule has 5 nitrogen and oxygen atoms in total. The Morgan fingerprint density at radius 1 is 1.12 bits per heavy atom. The van der Waals surface area contributed by atoms with E-state index >= 15 is 0 Å². The molecule has 2 N–H and O–H groups in total. The third-order valence-corrected chi connectivity index (χ3v) is 7.89. The summed E-state index contributed by atoms with van der Waals surface area (Å²) in [6.45, 7) is 3.76. The maximum atomic E-state index is 13.3. The van der Waals surface area contributed by atoms with Gasteiger partial charge in [0.2, 0.25) is 0 Å². The van der Waals surface area contributed by atoms with Crippen molar-refractivity contribution in [3.63, 3.8) is 0 Å². The van der Waals surface area contributed by atoms with Gasteiger partial charge in [0.1, 0.15) is 0 Å². The summed E-state index contributed by atoms with van der Waals surface area (Å²) in [6.07, 6.45) is 5.94. The number of aliphatic hydroxyl groups is 2. The molecule has 0 bridgehead atoms. The number of hydrogen-bond donors (Lipinski definition) is 2. The largest absolute Gasteiger partial charge is 0.396 e. The zero-order valence-corrected chi connectivity index (χ0v) is 19.2. The summed E-state index contributed by atoms with van der Waals surface area (Å²) in [5.41, 5.74) is 1.02. The smallest absolute Gasteiger partial charge is 0.262 e. The molecule has 0 spiro atoms. The molecule has 4 aromatic rings. The predicted octanol–water partition coefficient (Wildman–Crippen LogP) is 5.09. The Bertz CT molecular complexity index is 1340. The number of aromatic nitrogens is 2. The lowest BCUT2D eigenvalue weighted by atomic mass is 9.83. The van der Waals surface area contributed by atoms with E-state index in [2.05, 4.69) is 0 Å². The Balaban J connectivity index is 1.64. The second-order valence-electron chi connectivity index (χ2n) is 9.43. The summed E-state index contributed by atoms with van der Waals surface area (Å²) in [5, 5.41) is 23.0. The lowest BCUT2D eigenvalue weighted by molar-refractivity contribution is 0.0786. The van der Waals surface area contributed by atoms with Crippen molar-refractivity contribution in [3.05, 3.63) is 69.6 Å². The molecule has 1 aliphatic rings. The van der Waals surface area contributed by atoms with Gasteiger partial charge in [0.25, 0.3) is 5.56 Å². The van der Waals surface area contributed by atoms with Crippen molar-refractivity contribution in [1.82, 2.24) is 9.55 Å². The van der Waals surface area contributed by atoms with E-state index in [0.29, 0.717) is 28.5 Å². The van der Waals surface area contributed by atoms with Crippen LogP contribution in [0.3, 0.4) is 0 Å². The van der Waals surface area contributed by atoms with Gasteiger partial charge in [-0.05, 0) is 75.1 Å². The number of rotatable bonds is 4. The monoisotopic (exact) mass is 448 g/mol. The van der Waals surface area contributed by atoms with Crippen molar-refractivity contribution in [2.75, 3.05) is 6.61 Å². The van der Waals surface area contributed by atoms with Gasteiger partial charge in [0.05, 0.1) is 26.5 Å². The van der Waals surface area contributed by atoms with Crippen LogP contribution in [0.2, 0.25) is 0 Å². The van der Waals surface area contributed by atoms with Crippen molar-refractivity contribution in [2.45, 2.75) is 51.0 Å². The van der Waals surface area contributed by atoms with Gasteiger partial charge in [0.15, 0.2) is 0 Å². The molecule has 2 aromatic carbocycles. The van der Waals surface area contributed by atoms with Crippen LogP contribution in [-0.4, -0.2) is 26.4 Å². The highest BCUT2D eigenvalue weighted by molar-refractivity contribution is 7.18. The first-order valence-electron chi connectivity index (χ1n) is 11.2. The van der Waals surface area contributed by atoms with E-state index in [4.69, 9.17) is 4.98 Å². The molecule has 0 saturated heterocycles. The summed E-state index contributed by atoms with van der Waals surface area (Å²) in [4.78, 5) is 18.2. The molecule has 0 amide bonds. The van der Waals surface area contributed by atoms with E-state index < -0.39 is 5.60 Å². The molecule has 1 aliphatic carbocycles. The number of benzene rings is 2. The highest BCUT2D eigenvalue weighted by Crippen LogP contribution is 2.40. The zero-order chi connectivity index (χ0) is 22.5. The SMILES string of the molecule is CC(C)(O)c1cc2nc([C@H]3CC[C@H](CO)CC3)sc2cc1-n1ccc2ccccc2c1=O. The molecular weight excluding hydrogens is 420 g/mol. The van der Waals surface area contributed by atoms with E-state index in [1.807, 2.05) is 42.5 Å². The summed E-state index contributed by atoms with van der Waals surface area (Å²) < 4.78 is 2.66. The Morgan fingerprint density at radius 2 is 1.88 bits per heavy atom. The lowest BCUT2D eigenvalue weighted by Crippen LogP contribution is -2.24. The number of thiazole rings is 1. The Labute approximate surface area is 191 Å². The number of fused-ring (bicyclic) bond motifs is 2. The maximum Gasteiger partial charge on any atom is 0.262 e. The summed E-state index contributed by atoms with van der Waals surface area (Å²) in [6, 6.07) is 13.4. The Hall–Kier alpha value is -2.54. The molecule has 0 aliphatic heterocycles. The number of nitrogens with zero attached hydrogens (tertiary/aromatic N) is 2. The van der Waals surface area contributed by atoms with Crippen LogP contribution < -0.4 is 5.56 Å². The van der Waals surface area contributed by atoms with Crippen molar-refractivity contribution in [3.8, 4) is 5.69 Å². The average molecular weight is 449 g/mol. The summed E-state index contributed by atoms with van der Waals surface area (Å²) in [7, 11) is 0. The first-order chi connectivity index (χ1) is 15.3. The van der Waals surface area contributed by atoms with E-state index in [1.54, 1.807) is 35.9 Å². The minimum absolute atomic E-state index is 0.0972. The van der Waals surface area contributed by atoms with E-state index in [1.165, 1.54) is 0 Å². The molecule has 0 radical (unpaired) electrons. The minimum atomic E-state index is -1.13. The van der Waals surface area contributed by atoms with Crippen LogP contribution in [0, 0.1) is 5.92 Å². The van der Waals surface area contributed by atoms with Crippen LogP contribution >= 0.6 is 11.3 Å². The van der Waals surface area contributed by atoms with Crippen molar-refractivity contribution < 1.29 is 10.2 Å². The summed E-state index contributed by atoms with van der Waals surface area (Å²) >= 11 is 1.68. The summed E-state index contributed by atoms with van der Waals surface area (Å²) in [5.74, 6) is 0.821. The van der Waals surface area contributed by atoms with E-state index in [-0.39, 0.29) is 12.2 Å². The van der Waals surface area contributed by atoms with Crippen LogP contribution in [-0.2, 0) is 5.60 Å². The van der Waals surface area contributed by atoms with E-state index in [0.717, 1.165) is 46.3 Å². The van der Waals surface area contributed by atoms with Crippen LogP contribution in [0.15, 0.2) is 53.5 Å². The number of pyridine rings is 1. The second-order valence-corrected chi connectivity index (χ2v) is 10.5. The fraction of sp³-hybridized carbons (Fsp3) is 0.385. The van der Waals surface area contributed by atoms with Gasteiger partial charge < -0.3 is 10.2 Å². The average Bonchev–Trinajstić information content (AvgIpc) is 3.21. The fourth-order valence-electron chi connectivity index (χ4n) is 4.82. The molecule has 0 atom stereocenters. The van der Waals surface area contributed by atoms with Crippen molar-refractivity contribution in [2.24, 2.45) is 5.92 Å². The number of hydrogen-bond acceptors (Lipinski definition) is 5. The van der Waals surface area contributed by atoms with Gasteiger partial charge in [0, 0.05) is 29.7 Å². The second kappa shape index (κ2) is 8.10. The normalized spacial score (nSPS) is 19.6. The molecule has 0 unspecified atom stereocenters. The van der Waals surface area contributed by atoms with Gasteiger partial charge in [-0.15, -0.1) is 11.3 Å². The quantitative estimate of drug-likeness (QED) is 0.456. The highest BCUT2D eigenvalue weighted by Gasteiger charge is 2.27. The molecule has 166 valence electrons. The first kappa shape index (κ1) is 21.3. The van der Waals surface area contributed by atoms with Crippen LogP contribution in [0.1, 0.15) is 56.0 Å². The third-order valence-electron chi connectivity index (χ3n) is 6.71. The maximum absolute atomic E-state index is 13.3. The fourth-order valence-corrected chi connectivity index (χ4v) is 5.97. The third kappa shape index (κ3) is 3.76. The first-order valence-corrected chi connectivity index (χ1v) is 12.1. The molecule has 2 heterocycles. The number of aliphatic hydroxyl groups excluding tert-OH is 1. The highest BCUT2D eigenvalue weighted by atomic mass is 32.1. The van der Waals surface area contributed by atoms with Gasteiger partial charge in [-0.3, -0.25) is 9.36 Å². The van der Waals surface area contributed by atoms with Gasteiger partial charge in [-0.25, -0.2) is 4.98 Å². The van der Waals surface area contributed by atoms with Crippen LogP contribution in [0.4, 0.5) is 0 Å². The van der Waals surface area contributed by atoms with Crippen LogP contribution in [0.25, 0.3) is 26.7 Å². The molecular formula is C26H28N2O3S. The van der Waals surface area contributed by atoms with E-state index in [9.17, 15) is 15.0 Å². The van der Waals surface area contributed by atoms with Gasteiger partial charge in [-0.2, -0.15) is 0 Å². The molecule has 1 fully saturated rings. The van der Waals surface area contributed by atoms with Crippen molar-refractivity contribution in [1.29, 1.82) is 0 Å². The minimum Gasteiger partial charge on any atom is -0.396 e. The molecule has 6 heteroatoms. The molecule has 5 rings (SSSR count). The van der Waals surface area contributed by atoms with Gasteiger partial charge in [-0.1, -0.05) is 18.2 Å². The lowest BCUT2D eigenvalue weighted by Gasteiger charge is -2.25. The zero-order valence-electron chi connectivity index (χ0n) is 18.4.